The molecular formula is C27H34N2O5. The number of aryl methyl sites for hydroxylation is 1. The molecule has 1 aliphatic carbocycles. The molecule has 1 unspecified atom stereocenters. The van der Waals surface area contributed by atoms with Crippen molar-refractivity contribution in [2.24, 2.45) is 17.3 Å². The van der Waals surface area contributed by atoms with Crippen LogP contribution in [0.4, 0.5) is 0 Å². The molecule has 182 valence electrons. The maximum Gasteiger partial charge on any atom is 0.255 e. The van der Waals surface area contributed by atoms with Crippen molar-refractivity contribution in [3.63, 3.8) is 0 Å². The molecule has 0 aromatic heterocycles. The van der Waals surface area contributed by atoms with E-state index in [0.29, 0.717) is 30.9 Å². The molecule has 1 aromatic rings. The van der Waals surface area contributed by atoms with Gasteiger partial charge in [-0.2, -0.15) is 0 Å². The summed E-state index contributed by atoms with van der Waals surface area (Å²) in [5.41, 5.74) is 2.49. The first-order valence-electron chi connectivity index (χ1n) is 12.4. The number of rotatable bonds is 6. The summed E-state index contributed by atoms with van der Waals surface area (Å²) in [7, 11) is 0. The standard InChI is InChI=1S/C27H34N2O5/c1-27(2,3)19-8-6-17(7-9-19)24(32)22(30)12-5-16-4-10-20-18(14-16)15-29(26(20)34)21-11-13-23(31)28-25(21)33/h4,10,14,17,19,21H,5-9,11-13,15H2,1-3H3,(H,28,31,33). The number of benzene rings is 1. The fraction of sp³-hybridized carbons (Fsp3) is 0.593. The largest absolute Gasteiger partial charge is 0.322 e. The van der Waals surface area contributed by atoms with Crippen LogP contribution in [0.15, 0.2) is 18.2 Å². The Morgan fingerprint density at radius 2 is 1.74 bits per heavy atom. The van der Waals surface area contributed by atoms with Crippen LogP contribution in [0.3, 0.4) is 0 Å². The van der Waals surface area contributed by atoms with E-state index in [9.17, 15) is 24.0 Å². The molecule has 1 N–H and O–H groups in total. The van der Waals surface area contributed by atoms with Crippen molar-refractivity contribution in [2.75, 3.05) is 0 Å². The van der Waals surface area contributed by atoms with E-state index in [1.807, 2.05) is 12.1 Å². The molecular weight excluding hydrogens is 432 g/mol. The quantitative estimate of drug-likeness (QED) is 0.512. The van der Waals surface area contributed by atoms with Crippen molar-refractivity contribution in [3.05, 3.63) is 34.9 Å². The summed E-state index contributed by atoms with van der Waals surface area (Å²) in [4.78, 5) is 63.3. The number of nitrogens with one attached hydrogen (secondary N) is 1. The van der Waals surface area contributed by atoms with E-state index in [1.54, 1.807) is 6.07 Å². The Hall–Kier alpha value is -2.83. The Morgan fingerprint density at radius 3 is 2.38 bits per heavy atom. The fourth-order valence-electron chi connectivity index (χ4n) is 5.61. The lowest BCUT2D eigenvalue weighted by molar-refractivity contribution is -0.139. The highest BCUT2D eigenvalue weighted by molar-refractivity contribution is 6.38. The summed E-state index contributed by atoms with van der Waals surface area (Å²) in [6, 6.07) is 4.80. The van der Waals surface area contributed by atoms with Gasteiger partial charge in [0.05, 0.1) is 0 Å². The number of carbonyl (C=O) groups excluding carboxylic acids is 5. The Kier molecular flexibility index (Phi) is 6.74. The van der Waals surface area contributed by atoms with Crippen molar-refractivity contribution < 1.29 is 24.0 Å². The second-order valence-corrected chi connectivity index (χ2v) is 11.1. The van der Waals surface area contributed by atoms with Gasteiger partial charge in [0.25, 0.3) is 5.91 Å². The lowest BCUT2D eigenvalue weighted by atomic mass is 9.69. The average molecular weight is 467 g/mol. The topological polar surface area (TPSA) is 101 Å². The molecule has 2 aliphatic heterocycles. The number of amides is 3. The summed E-state index contributed by atoms with van der Waals surface area (Å²) < 4.78 is 0. The number of nitrogens with zero attached hydrogens (tertiary/aromatic N) is 1. The lowest BCUT2D eigenvalue weighted by Crippen LogP contribution is -2.52. The van der Waals surface area contributed by atoms with Gasteiger partial charge in [-0.25, -0.2) is 0 Å². The van der Waals surface area contributed by atoms with Gasteiger partial charge < -0.3 is 4.90 Å². The van der Waals surface area contributed by atoms with Crippen molar-refractivity contribution in [3.8, 4) is 0 Å². The third kappa shape index (κ3) is 4.98. The third-order valence-corrected chi connectivity index (χ3v) is 7.83. The van der Waals surface area contributed by atoms with Gasteiger partial charge in [-0.1, -0.05) is 32.9 Å². The smallest absolute Gasteiger partial charge is 0.255 e. The van der Waals surface area contributed by atoms with Crippen LogP contribution in [0.25, 0.3) is 0 Å². The summed E-state index contributed by atoms with van der Waals surface area (Å²) in [5, 5.41) is 2.30. The van der Waals surface area contributed by atoms with Gasteiger partial charge in [-0.05, 0) is 67.1 Å². The number of hydrogen-bond acceptors (Lipinski definition) is 5. The van der Waals surface area contributed by atoms with Crippen LogP contribution in [-0.2, 0) is 32.1 Å². The zero-order valence-electron chi connectivity index (χ0n) is 20.3. The first-order chi connectivity index (χ1) is 16.0. The highest BCUT2D eigenvalue weighted by Gasteiger charge is 2.39. The number of carbonyl (C=O) groups is 5. The van der Waals surface area contributed by atoms with E-state index in [4.69, 9.17) is 0 Å². The van der Waals surface area contributed by atoms with Gasteiger partial charge in [0, 0.05) is 30.9 Å². The minimum Gasteiger partial charge on any atom is -0.322 e. The molecule has 0 bridgehead atoms. The summed E-state index contributed by atoms with van der Waals surface area (Å²) in [6.07, 6.45) is 4.74. The van der Waals surface area contributed by atoms with Gasteiger partial charge in [0.2, 0.25) is 17.6 Å². The molecule has 7 heteroatoms. The fourth-order valence-corrected chi connectivity index (χ4v) is 5.61. The number of piperidine rings is 1. The molecule has 1 saturated heterocycles. The van der Waals surface area contributed by atoms with Gasteiger partial charge in [0.15, 0.2) is 5.78 Å². The zero-order chi connectivity index (χ0) is 24.6. The first kappa shape index (κ1) is 24.3. The monoisotopic (exact) mass is 466 g/mol. The second-order valence-electron chi connectivity index (χ2n) is 11.1. The number of fused-ring (bicyclic) bond motifs is 1. The van der Waals surface area contributed by atoms with Crippen molar-refractivity contribution in [1.82, 2.24) is 10.2 Å². The molecule has 1 atom stereocenters. The van der Waals surface area contributed by atoms with Crippen LogP contribution in [-0.4, -0.2) is 40.2 Å². The number of Topliss-reactive ketones (excluding diaryl/α,β-unsaturated/α-hetero) is 2. The molecule has 7 nitrogen and oxygen atoms in total. The Bertz CT molecular complexity index is 1030. The van der Waals surface area contributed by atoms with Crippen LogP contribution in [0.5, 0.6) is 0 Å². The van der Waals surface area contributed by atoms with E-state index < -0.39 is 11.9 Å². The number of hydrogen-bond donors (Lipinski definition) is 1. The molecule has 2 heterocycles. The molecule has 3 aliphatic rings. The molecule has 34 heavy (non-hydrogen) atoms. The minimum absolute atomic E-state index is 0.147. The maximum absolute atomic E-state index is 12.8. The van der Waals surface area contributed by atoms with Crippen LogP contribution in [0.1, 0.15) is 87.2 Å². The third-order valence-electron chi connectivity index (χ3n) is 7.83. The highest BCUT2D eigenvalue weighted by Crippen LogP contribution is 2.40. The van der Waals surface area contributed by atoms with E-state index in [1.165, 1.54) is 4.90 Å². The maximum atomic E-state index is 12.8. The Morgan fingerprint density at radius 1 is 1.03 bits per heavy atom. The van der Waals surface area contributed by atoms with Gasteiger partial charge >= 0.3 is 0 Å². The zero-order valence-corrected chi connectivity index (χ0v) is 20.3. The molecule has 4 rings (SSSR count). The molecule has 2 fully saturated rings. The Labute approximate surface area is 200 Å². The van der Waals surface area contributed by atoms with Gasteiger partial charge in [-0.15, -0.1) is 0 Å². The van der Waals surface area contributed by atoms with Gasteiger partial charge in [0.1, 0.15) is 6.04 Å². The Balaban J connectivity index is 1.32. The molecule has 0 radical (unpaired) electrons. The first-order valence-corrected chi connectivity index (χ1v) is 12.4. The highest BCUT2D eigenvalue weighted by atomic mass is 16.2. The summed E-state index contributed by atoms with van der Waals surface area (Å²) >= 11 is 0. The predicted molar refractivity (Wildman–Crippen MR) is 126 cm³/mol. The summed E-state index contributed by atoms with van der Waals surface area (Å²) in [6.45, 7) is 7.01. The van der Waals surface area contributed by atoms with Gasteiger partial charge in [-0.3, -0.25) is 29.3 Å². The van der Waals surface area contributed by atoms with Crippen molar-refractivity contribution in [1.29, 1.82) is 0 Å². The molecule has 0 spiro atoms. The number of imide groups is 1. The normalized spacial score (nSPS) is 25.2. The average Bonchev–Trinajstić information content (AvgIpc) is 3.12. The SMILES string of the molecule is CC(C)(C)C1CCC(C(=O)C(=O)CCc2ccc3c(c2)CN(C2CCC(=O)NC2=O)C3=O)CC1. The molecule has 1 saturated carbocycles. The van der Waals surface area contributed by atoms with Crippen LogP contribution in [0.2, 0.25) is 0 Å². The molecule has 3 amide bonds. The second kappa shape index (κ2) is 9.43. The van der Waals surface area contributed by atoms with Crippen LogP contribution >= 0.6 is 0 Å². The van der Waals surface area contributed by atoms with E-state index in [0.717, 1.165) is 36.8 Å². The van der Waals surface area contributed by atoms with E-state index in [2.05, 4.69) is 26.1 Å². The van der Waals surface area contributed by atoms with Crippen LogP contribution < -0.4 is 5.32 Å². The van der Waals surface area contributed by atoms with Crippen molar-refractivity contribution in [2.45, 2.75) is 84.7 Å². The molecule has 1 aromatic carbocycles. The van der Waals surface area contributed by atoms with Crippen molar-refractivity contribution >= 4 is 29.3 Å². The van der Waals surface area contributed by atoms with Crippen LogP contribution in [0, 0.1) is 17.3 Å². The lowest BCUT2D eigenvalue weighted by Gasteiger charge is -2.36. The van der Waals surface area contributed by atoms with E-state index >= 15 is 0 Å². The number of ketones is 2. The van der Waals surface area contributed by atoms with E-state index in [-0.39, 0.29) is 47.6 Å². The predicted octanol–water partition coefficient (Wildman–Crippen LogP) is 3.37. The minimum atomic E-state index is -0.645. The summed E-state index contributed by atoms with van der Waals surface area (Å²) in [5.74, 6) is -1.04.